The Morgan fingerprint density at radius 3 is 2.75 bits per heavy atom. The maximum absolute atomic E-state index is 12.4. The molecular weight excluding hydrogens is 358 g/mol. The molecule has 28 heavy (non-hydrogen) atoms. The van der Waals surface area contributed by atoms with Crippen LogP contribution in [0, 0.1) is 6.92 Å². The third-order valence-corrected chi connectivity index (χ3v) is 5.01. The first-order valence-electron chi connectivity index (χ1n) is 9.32. The number of carbonyl (C=O) groups is 2. The van der Waals surface area contributed by atoms with E-state index in [0.29, 0.717) is 18.7 Å². The van der Waals surface area contributed by atoms with Gasteiger partial charge in [-0.15, -0.1) is 5.10 Å². The minimum Gasteiger partial charge on any atom is -0.358 e. The van der Waals surface area contributed by atoms with Gasteiger partial charge in [0.2, 0.25) is 5.91 Å². The molecule has 9 heteroatoms. The van der Waals surface area contributed by atoms with Crippen molar-refractivity contribution in [1.29, 1.82) is 0 Å². The molecule has 9 nitrogen and oxygen atoms in total. The molecule has 1 saturated heterocycles. The number of para-hydroxylation sites is 1. The fourth-order valence-corrected chi connectivity index (χ4v) is 3.25. The molecule has 2 aromatic rings. The molecule has 1 aliphatic rings. The number of likely N-dealkylation sites (N-methyl/N-ethyl adjacent to an activating group) is 1. The molecule has 0 aliphatic carbocycles. The van der Waals surface area contributed by atoms with Crippen molar-refractivity contribution >= 4 is 17.6 Å². The van der Waals surface area contributed by atoms with Gasteiger partial charge in [-0.2, -0.15) is 0 Å². The molecule has 150 valence electrons. The Balaban J connectivity index is 1.64. The van der Waals surface area contributed by atoms with Crippen LogP contribution in [0.1, 0.15) is 37.6 Å². The molecular formula is C19H27N7O2. The topological polar surface area (TPSA) is 113 Å². The van der Waals surface area contributed by atoms with Gasteiger partial charge in [-0.05, 0) is 38.8 Å². The first-order chi connectivity index (χ1) is 13.3. The lowest BCUT2D eigenvalue weighted by Crippen LogP contribution is -2.43. The van der Waals surface area contributed by atoms with E-state index in [4.69, 9.17) is 0 Å². The van der Waals surface area contributed by atoms with Crippen LogP contribution in [0.2, 0.25) is 0 Å². The van der Waals surface area contributed by atoms with E-state index in [2.05, 4.69) is 31.6 Å². The van der Waals surface area contributed by atoms with Gasteiger partial charge in [0.05, 0.1) is 23.8 Å². The summed E-state index contributed by atoms with van der Waals surface area (Å²) in [5, 5.41) is 20.1. The lowest BCUT2D eigenvalue weighted by Gasteiger charge is -2.24. The molecule has 0 saturated carbocycles. The summed E-state index contributed by atoms with van der Waals surface area (Å²) in [6.07, 6.45) is 2.47. The maximum atomic E-state index is 12.4. The van der Waals surface area contributed by atoms with E-state index < -0.39 is 5.54 Å². The van der Waals surface area contributed by atoms with Gasteiger partial charge in [0.25, 0.3) is 0 Å². The van der Waals surface area contributed by atoms with E-state index >= 15 is 0 Å². The van der Waals surface area contributed by atoms with Gasteiger partial charge in [-0.25, -0.2) is 9.48 Å². The number of hydrogen-bond donors (Lipinski definition) is 4. The standard InChI is InChI=1S/C19H27N7O2/c1-12-7-5-6-8-14(12)22-18(28)23-19(2,3)16-11-26(25-24-16)13-9-15(21-10-13)17(27)20-4/h5-8,11,13,15,21H,9-10H2,1-4H3,(H,20,27)(H2,22,23,28)/t13-,15+/m1/s1. The van der Waals surface area contributed by atoms with Crippen LogP contribution in [-0.4, -0.2) is 46.6 Å². The van der Waals surface area contributed by atoms with Crippen LogP contribution >= 0.6 is 0 Å². The monoisotopic (exact) mass is 385 g/mol. The lowest BCUT2D eigenvalue weighted by atomic mass is 10.0. The van der Waals surface area contributed by atoms with Crippen LogP contribution in [-0.2, 0) is 10.3 Å². The number of anilines is 1. The Bertz CT molecular complexity index is 861. The van der Waals surface area contributed by atoms with E-state index in [-0.39, 0.29) is 24.0 Å². The average Bonchev–Trinajstić information content (AvgIpc) is 3.32. The second kappa shape index (κ2) is 7.97. The van der Waals surface area contributed by atoms with Crippen molar-refractivity contribution in [2.75, 3.05) is 18.9 Å². The highest BCUT2D eigenvalue weighted by Crippen LogP contribution is 2.23. The molecule has 0 spiro atoms. The van der Waals surface area contributed by atoms with E-state index in [1.54, 1.807) is 11.7 Å². The summed E-state index contributed by atoms with van der Waals surface area (Å²) >= 11 is 0. The van der Waals surface area contributed by atoms with Crippen molar-refractivity contribution in [3.63, 3.8) is 0 Å². The number of amides is 3. The van der Waals surface area contributed by atoms with E-state index in [1.807, 2.05) is 51.2 Å². The number of urea groups is 1. The molecule has 3 amide bonds. The van der Waals surface area contributed by atoms with Gasteiger partial charge < -0.3 is 21.3 Å². The van der Waals surface area contributed by atoms with Crippen LogP contribution in [0.15, 0.2) is 30.5 Å². The van der Waals surface area contributed by atoms with Gasteiger partial charge in [0.15, 0.2) is 0 Å². The zero-order valence-electron chi connectivity index (χ0n) is 16.6. The largest absolute Gasteiger partial charge is 0.358 e. The molecule has 1 fully saturated rings. The number of nitrogens with one attached hydrogen (secondary N) is 4. The molecule has 2 heterocycles. The summed E-state index contributed by atoms with van der Waals surface area (Å²) in [4.78, 5) is 24.2. The number of aryl methyl sites for hydroxylation is 1. The predicted molar refractivity (Wildman–Crippen MR) is 106 cm³/mol. The van der Waals surface area contributed by atoms with Gasteiger partial charge in [-0.1, -0.05) is 23.4 Å². The van der Waals surface area contributed by atoms with Crippen molar-refractivity contribution in [3.8, 4) is 0 Å². The Morgan fingerprint density at radius 2 is 2.04 bits per heavy atom. The van der Waals surface area contributed by atoms with Gasteiger partial charge in [0.1, 0.15) is 5.69 Å². The second-order valence-corrected chi connectivity index (χ2v) is 7.57. The van der Waals surface area contributed by atoms with Crippen molar-refractivity contribution < 1.29 is 9.59 Å². The number of benzene rings is 1. The molecule has 1 aliphatic heterocycles. The highest BCUT2D eigenvalue weighted by molar-refractivity contribution is 5.90. The Kier molecular flexibility index (Phi) is 5.64. The van der Waals surface area contributed by atoms with Crippen LogP contribution < -0.4 is 21.3 Å². The quantitative estimate of drug-likeness (QED) is 0.620. The number of aromatic nitrogens is 3. The number of carbonyl (C=O) groups excluding carboxylic acids is 2. The average molecular weight is 385 g/mol. The molecule has 3 rings (SSSR count). The summed E-state index contributed by atoms with van der Waals surface area (Å²) in [6, 6.07) is 7.10. The van der Waals surface area contributed by atoms with E-state index in [0.717, 1.165) is 11.3 Å². The van der Waals surface area contributed by atoms with Crippen molar-refractivity contribution in [1.82, 2.24) is 30.9 Å². The minimum absolute atomic E-state index is 0.0299. The zero-order valence-corrected chi connectivity index (χ0v) is 16.6. The Labute approximate surface area is 164 Å². The smallest absolute Gasteiger partial charge is 0.319 e. The maximum Gasteiger partial charge on any atom is 0.319 e. The highest BCUT2D eigenvalue weighted by Gasteiger charge is 2.32. The fourth-order valence-electron chi connectivity index (χ4n) is 3.25. The lowest BCUT2D eigenvalue weighted by molar-refractivity contribution is -0.122. The summed E-state index contributed by atoms with van der Waals surface area (Å²) in [6.45, 7) is 6.33. The van der Waals surface area contributed by atoms with Crippen molar-refractivity contribution in [3.05, 3.63) is 41.7 Å². The van der Waals surface area contributed by atoms with Crippen LogP contribution in [0.5, 0.6) is 0 Å². The third-order valence-electron chi connectivity index (χ3n) is 5.01. The first-order valence-corrected chi connectivity index (χ1v) is 9.32. The summed E-state index contributed by atoms with van der Waals surface area (Å²) in [5.74, 6) is -0.0299. The number of nitrogens with zero attached hydrogens (tertiary/aromatic N) is 3. The van der Waals surface area contributed by atoms with Crippen LogP contribution in [0.25, 0.3) is 0 Å². The molecule has 1 aromatic heterocycles. The number of hydrogen-bond acceptors (Lipinski definition) is 5. The molecule has 1 aromatic carbocycles. The fraction of sp³-hybridized carbons (Fsp3) is 0.474. The molecule has 2 atom stereocenters. The third kappa shape index (κ3) is 4.30. The molecule has 0 radical (unpaired) electrons. The van der Waals surface area contributed by atoms with Crippen LogP contribution in [0.4, 0.5) is 10.5 Å². The van der Waals surface area contributed by atoms with E-state index in [9.17, 15) is 9.59 Å². The predicted octanol–water partition coefficient (Wildman–Crippen LogP) is 1.29. The Hall–Kier alpha value is -2.94. The molecule has 0 unspecified atom stereocenters. The zero-order chi connectivity index (χ0) is 20.3. The molecule has 0 bridgehead atoms. The Morgan fingerprint density at radius 1 is 1.29 bits per heavy atom. The summed E-state index contributed by atoms with van der Waals surface area (Å²) in [5.41, 5.74) is 1.69. The molecule has 4 N–H and O–H groups in total. The highest BCUT2D eigenvalue weighted by atomic mass is 16.2. The second-order valence-electron chi connectivity index (χ2n) is 7.57. The van der Waals surface area contributed by atoms with Crippen molar-refractivity contribution in [2.24, 2.45) is 0 Å². The van der Waals surface area contributed by atoms with Crippen molar-refractivity contribution in [2.45, 2.75) is 44.8 Å². The van der Waals surface area contributed by atoms with Gasteiger partial charge >= 0.3 is 6.03 Å². The normalized spacial score (nSPS) is 19.3. The van der Waals surface area contributed by atoms with Crippen LogP contribution in [0.3, 0.4) is 0 Å². The number of rotatable bonds is 5. The van der Waals surface area contributed by atoms with Gasteiger partial charge in [-0.3, -0.25) is 4.79 Å². The van der Waals surface area contributed by atoms with Gasteiger partial charge in [0, 0.05) is 19.3 Å². The summed E-state index contributed by atoms with van der Waals surface area (Å²) < 4.78 is 1.76. The summed E-state index contributed by atoms with van der Waals surface area (Å²) in [7, 11) is 1.63. The first kappa shape index (κ1) is 19.8. The van der Waals surface area contributed by atoms with E-state index in [1.165, 1.54) is 0 Å². The SMILES string of the molecule is CNC(=O)[C@@H]1C[C@@H](n2cc(C(C)(C)NC(=O)Nc3ccccc3C)nn2)CN1. The minimum atomic E-state index is -0.711.